The number of aromatic amines is 1. The first kappa shape index (κ1) is 23.1. The van der Waals surface area contributed by atoms with Crippen LogP contribution < -0.4 is 14.8 Å². The molecule has 182 valence electrons. The molecule has 0 bridgehead atoms. The van der Waals surface area contributed by atoms with E-state index in [1.807, 2.05) is 67.5 Å². The highest BCUT2D eigenvalue weighted by Gasteiger charge is 2.49. The van der Waals surface area contributed by atoms with Crippen molar-refractivity contribution in [1.82, 2.24) is 14.9 Å². The zero-order valence-corrected chi connectivity index (χ0v) is 22.0. The second-order valence-corrected chi connectivity index (χ2v) is 10.8. The van der Waals surface area contributed by atoms with E-state index in [1.165, 1.54) is 0 Å². The van der Waals surface area contributed by atoms with Crippen LogP contribution in [0.2, 0.25) is 0 Å². The van der Waals surface area contributed by atoms with Gasteiger partial charge in [0, 0.05) is 29.6 Å². The third-order valence-corrected chi connectivity index (χ3v) is 8.34. The number of para-hydroxylation sites is 2. The fourth-order valence-corrected chi connectivity index (χ4v) is 6.37. The van der Waals surface area contributed by atoms with Crippen LogP contribution in [0.5, 0.6) is 0 Å². The molecule has 3 heterocycles. The summed E-state index contributed by atoms with van der Waals surface area (Å²) in [7, 11) is 3.98. The Morgan fingerprint density at radius 2 is 1.61 bits per heavy atom. The highest BCUT2D eigenvalue weighted by atomic mass is 35.5. The van der Waals surface area contributed by atoms with Gasteiger partial charge in [0.2, 0.25) is 4.77 Å². The van der Waals surface area contributed by atoms with E-state index in [1.54, 1.807) is 21.4 Å². The molecule has 2 unspecified atom stereocenters. The number of anilines is 3. The highest BCUT2D eigenvalue weighted by Crippen LogP contribution is 2.48. The molecule has 1 N–H and O–H groups in total. The van der Waals surface area contributed by atoms with Gasteiger partial charge < -0.3 is 9.80 Å². The first-order chi connectivity index (χ1) is 17.4. The van der Waals surface area contributed by atoms with Crippen molar-refractivity contribution < 1.29 is 4.79 Å². The Morgan fingerprint density at radius 3 is 2.22 bits per heavy atom. The van der Waals surface area contributed by atoms with Crippen LogP contribution in [0.4, 0.5) is 17.1 Å². The van der Waals surface area contributed by atoms with E-state index in [9.17, 15) is 4.79 Å². The summed E-state index contributed by atoms with van der Waals surface area (Å²) in [4.78, 5) is 19.6. The SMILES string of the molecule is CN(C)c1ccc(C2C(Cl)C(=O)N2n2c(CN3c4ccccc4Sc4ccccc43)n[nH]c2=S)cc1. The third-order valence-electron chi connectivity index (χ3n) is 6.52. The summed E-state index contributed by atoms with van der Waals surface area (Å²) in [6.07, 6.45) is 0. The van der Waals surface area contributed by atoms with E-state index in [4.69, 9.17) is 23.8 Å². The summed E-state index contributed by atoms with van der Waals surface area (Å²) >= 11 is 13.9. The van der Waals surface area contributed by atoms with Gasteiger partial charge in [-0.2, -0.15) is 5.10 Å². The predicted molar refractivity (Wildman–Crippen MR) is 147 cm³/mol. The molecule has 7 nitrogen and oxygen atoms in total. The molecule has 6 rings (SSSR count). The summed E-state index contributed by atoms with van der Waals surface area (Å²) in [6, 6.07) is 24.3. The topological polar surface area (TPSA) is 60.4 Å². The number of nitrogens with zero attached hydrogens (tertiary/aromatic N) is 5. The summed E-state index contributed by atoms with van der Waals surface area (Å²) in [5, 5.41) is 8.38. The average Bonchev–Trinajstić information content (AvgIpc) is 3.25. The Hall–Kier alpha value is -3.27. The van der Waals surface area contributed by atoms with E-state index in [2.05, 4.69) is 39.4 Å². The molecule has 2 aliphatic heterocycles. The summed E-state index contributed by atoms with van der Waals surface area (Å²) in [6.45, 7) is 0.421. The lowest BCUT2D eigenvalue weighted by Gasteiger charge is -2.45. The van der Waals surface area contributed by atoms with E-state index < -0.39 is 5.38 Å². The number of carbonyl (C=O) groups is 1. The van der Waals surface area contributed by atoms with Gasteiger partial charge in [-0.05, 0) is 54.2 Å². The van der Waals surface area contributed by atoms with Crippen LogP contribution in [0.3, 0.4) is 0 Å². The minimum Gasteiger partial charge on any atom is -0.378 e. The van der Waals surface area contributed by atoms with E-state index >= 15 is 0 Å². The van der Waals surface area contributed by atoms with Gasteiger partial charge in [0.25, 0.3) is 5.91 Å². The van der Waals surface area contributed by atoms with Crippen molar-refractivity contribution in [3.05, 3.63) is 89.0 Å². The first-order valence-electron chi connectivity index (χ1n) is 11.5. The lowest BCUT2D eigenvalue weighted by molar-refractivity contribution is -0.126. The van der Waals surface area contributed by atoms with Crippen molar-refractivity contribution in [1.29, 1.82) is 0 Å². The van der Waals surface area contributed by atoms with Crippen LogP contribution in [0.15, 0.2) is 82.6 Å². The van der Waals surface area contributed by atoms with Crippen LogP contribution in [0, 0.1) is 4.77 Å². The first-order valence-corrected chi connectivity index (χ1v) is 13.1. The Bertz CT molecular complexity index is 1470. The molecular weight excluding hydrogens is 512 g/mol. The number of hydrogen-bond acceptors (Lipinski definition) is 6. The number of hydrogen-bond donors (Lipinski definition) is 1. The maximum absolute atomic E-state index is 13.1. The molecule has 4 aromatic rings. The van der Waals surface area contributed by atoms with Gasteiger partial charge in [-0.25, -0.2) is 9.69 Å². The predicted octanol–water partition coefficient (Wildman–Crippen LogP) is 5.64. The number of aromatic nitrogens is 3. The quantitative estimate of drug-likeness (QED) is 0.203. The molecule has 0 saturated carbocycles. The zero-order chi connectivity index (χ0) is 25.0. The fraction of sp³-hybridized carbons (Fsp3) is 0.192. The normalized spacial score (nSPS) is 18.5. The molecule has 0 radical (unpaired) electrons. The number of carbonyl (C=O) groups excluding carboxylic acids is 1. The lowest BCUT2D eigenvalue weighted by Crippen LogP contribution is -2.62. The standard InChI is InChI=1S/C26H23ClN6OS2/c1-30(2)17-13-11-16(12-14-17)24-23(27)25(34)33(24)32-22(28-29-26(32)35)15-31-18-7-3-5-9-20(18)36-21-10-6-4-8-19(21)31/h3-14,23-24H,15H2,1-2H3,(H,29,35). The molecule has 0 spiro atoms. The van der Waals surface area contributed by atoms with Crippen molar-refractivity contribution >= 4 is 58.6 Å². The number of rotatable bonds is 5. The molecule has 1 fully saturated rings. The molecule has 1 aromatic heterocycles. The van der Waals surface area contributed by atoms with Gasteiger partial charge in [-0.15, -0.1) is 11.6 Å². The molecule has 1 amide bonds. The number of fused-ring (bicyclic) bond motifs is 2. The summed E-state index contributed by atoms with van der Waals surface area (Å²) in [5.41, 5.74) is 4.19. The van der Waals surface area contributed by atoms with Crippen LogP contribution in [-0.2, 0) is 11.3 Å². The minimum absolute atomic E-state index is 0.202. The largest absolute Gasteiger partial charge is 0.378 e. The number of nitrogens with one attached hydrogen (secondary N) is 1. The minimum atomic E-state index is -0.673. The number of amides is 1. The summed E-state index contributed by atoms with van der Waals surface area (Å²) < 4.78 is 2.05. The lowest BCUT2D eigenvalue weighted by atomic mass is 9.95. The van der Waals surface area contributed by atoms with Gasteiger partial charge in [0.15, 0.2) is 5.82 Å². The van der Waals surface area contributed by atoms with Crippen molar-refractivity contribution in [2.45, 2.75) is 27.8 Å². The Balaban J connectivity index is 1.39. The van der Waals surface area contributed by atoms with E-state index in [-0.39, 0.29) is 11.9 Å². The molecule has 1 saturated heterocycles. The van der Waals surface area contributed by atoms with Gasteiger partial charge in [0.1, 0.15) is 11.4 Å². The monoisotopic (exact) mass is 534 g/mol. The molecule has 3 aromatic carbocycles. The van der Waals surface area contributed by atoms with E-state index in [0.29, 0.717) is 17.1 Å². The second-order valence-electron chi connectivity index (χ2n) is 8.90. The van der Waals surface area contributed by atoms with Crippen LogP contribution in [0.25, 0.3) is 0 Å². The number of halogens is 1. The molecule has 10 heteroatoms. The smallest absolute Gasteiger partial charge is 0.262 e. The van der Waals surface area contributed by atoms with Crippen LogP contribution in [0.1, 0.15) is 17.4 Å². The maximum Gasteiger partial charge on any atom is 0.262 e. The van der Waals surface area contributed by atoms with Crippen LogP contribution >= 0.6 is 35.6 Å². The number of H-pyrrole nitrogens is 1. The van der Waals surface area contributed by atoms with Crippen molar-refractivity contribution in [2.24, 2.45) is 0 Å². The zero-order valence-electron chi connectivity index (χ0n) is 19.6. The van der Waals surface area contributed by atoms with Crippen molar-refractivity contribution in [3.63, 3.8) is 0 Å². The van der Waals surface area contributed by atoms with Gasteiger partial charge in [-0.1, -0.05) is 48.2 Å². The third kappa shape index (κ3) is 3.70. The van der Waals surface area contributed by atoms with Crippen molar-refractivity contribution in [2.75, 3.05) is 28.9 Å². The van der Waals surface area contributed by atoms with Crippen LogP contribution in [-0.4, -0.2) is 40.3 Å². The highest BCUT2D eigenvalue weighted by molar-refractivity contribution is 7.99. The Morgan fingerprint density at radius 1 is 1.00 bits per heavy atom. The number of β-lactam (4-membered cyclic amide) rings is 1. The van der Waals surface area contributed by atoms with Crippen molar-refractivity contribution in [3.8, 4) is 0 Å². The summed E-state index contributed by atoms with van der Waals surface area (Å²) in [5.74, 6) is 0.426. The molecule has 36 heavy (non-hydrogen) atoms. The van der Waals surface area contributed by atoms with Gasteiger partial charge in [0.05, 0.1) is 17.9 Å². The molecule has 2 atom stereocenters. The van der Waals surface area contributed by atoms with Gasteiger partial charge in [-0.3, -0.25) is 9.89 Å². The molecule has 0 aliphatic carbocycles. The van der Waals surface area contributed by atoms with E-state index in [0.717, 1.165) is 32.4 Å². The fourth-order valence-electron chi connectivity index (χ4n) is 4.68. The Labute approximate surface area is 223 Å². The Kier molecular flexibility index (Phi) is 5.78. The number of alkyl halides is 1. The molecule has 2 aliphatic rings. The average molecular weight is 535 g/mol. The van der Waals surface area contributed by atoms with Gasteiger partial charge >= 0.3 is 0 Å². The molecular formula is C26H23ClN6OS2. The second kappa shape index (κ2) is 8.99. The number of benzene rings is 3. The maximum atomic E-state index is 13.1.